The molecule has 0 radical (unpaired) electrons. The van der Waals surface area contributed by atoms with E-state index in [0.29, 0.717) is 11.7 Å². The number of anilines is 1. The highest BCUT2D eigenvalue weighted by Gasteiger charge is 2.24. The third-order valence-electron chi connectivity index (χ3n) is 5.38. The Labute approximate surface area is 172 Å². The lowest BCUT2D eigenvalue weighted by atomic mass is 9.97. The monoisotopic (exact) mass is 394 g/mol. The molecular weight excluding hydrogens is 364 g/mol. The molecule has 5 nitrogen and oxygen atoms in total. The second kappa shape index (κ2) is 10.1. The molecule has 0 heterocycles. The van der Waals surface area contributed by atoms with Crippen molar-refractivity contribution >= 4 is 17.5 Å². The summed E-state index contributed by atoms with van der Waals surface area (Å²) in [7, 11) is 0. The molecule has 1 fully saturated rings. The lowest BCUT2D eigenvalue weighted by molar-refractivity contribution is -0.128. The van der Waals surface area contributed by atoms with Gasteiger partial charge in [0.15, 0.2) is 6.61 Å². The molecule has 2 amide bonds. The van der Waals surface area contributed by atoms with Crippen molar-refractivity contribution in [2.45, 2.75) is 51.5 Å². The number of benzene rings is 2. The molecule has 2 N–H and O–H groups in total. The first-order valence-electron chi connectivity index (χ1n) is 10.4. The number of hydrogen-bond donors (Lipinski definition) is 2. The minimum absolute atomic E-state index is 0.0477. The van der Waals surface area contributed by atoms with Gasteiger partial charge in [0.25, 0.3) is 5.91 Å². The van der Waals surface area contributed by atoms with Crippen LogP contribution in [0.2, 0.25) is 0 Å². The largest absolute Gasteiger partial charge is 0.484 e. The number of para-hydroxylation sites is 1. The number of hydrogen-bond acceptors (Lipinski definition) is 3. The van der Waals surface area contributed by atoms with Gasteiger partial charge in [0.2, 0.25) is 5.91 Å². The molecule has 0 spiro atoms. The third kappa shape index (κ3) is 6.08. The molecule has 5 heteroatoms. The van der Waals surface area contributed by atoms with Gasteiger partial charge in [0, 0.05) is 5.69 Å². The fourth-order valence-corrected chi connectivity index (χ4v) is 3.73. The van der Waals surface area contributed by atoms with E-state index in [9.17, 15) is 9.59 Å². The van der Waals surface area contributed by atoms with E-state index in [2.05, 4.69) is 22.8 Å². The van der Waals surface area contributed by atoms with Gasteiger partial charge in [0.05, 0.1) is 0 Å². The summed E-state index contributed by atoms with van der Waals surface area (Å²) in [6.45, 7) is 3.69. The lowest BCUT2D eigenvalue weighted by Crippen LogP contribution is -2.48. The summed E-state index contributed by atoms with van der Waals surface area (Å²) >= 11 is 0. The molecule has 29 heavy (non-hydrogen) atoms. The van der Waals surface area contributed by atoms with Crippen LogP contribution in [0.1, 0.15) is 51.0 Å². The predicted molar refractivity (Wildman–Crippen MR) is 115 cm³/mol. The van der Waals surface area contributed by atoms with Crippen molar-refractivity contribution in [3.05, 3.63) is 60.2 Å². The van der Waals surface area contributed by atoms with Gasteiger partial charge in [-0.2, -0.15) is 0 Å². The summed E-state index contributed by atoms with van der Waals surface area (Å²) < 4.78 is 5.46. The number of amides is 2. The normalized spacial score (nSPS) is 15.1. The van der Waals surface area contributed by atoms with Crippen molar-refractivity contribution < 1.29 is 14.3 Å². The average molecular weight is 395 g/mol. The standard InChI is InChI=1S/C24H30N2O3/c1-17(2)23(26-22(27)16-29-21-10-4-3-5-11-21)24(28)25-20-14-12-19(13-15-20)18-8-6-7-9-18/h3-5,10-15,17-18,23H,6-9,16H2,1-2H3,(H,25,28)(H,26,27). The van der Waals surface area contributed by atoms with Gasteiger partial charge < -0.3 is 15.4 Å². The number of carbonyl (C=O) groups excluding carboxylic acids is 2. The van der Waals surface area contributed by atoms with Crippen molar-refractivity contribution in [1.82, 2.24) is 5.32 Å². The van der Waals surface area contributed by atoms with Crippen LogP contribution < -0.4 is 15.4 Å². The minimum Gasteiger partial charge on any atom is -0.484 e. The zero-order valence-corrected chi connectivity index (χ0v) is 17.2. The summed E-state index contributed by atoms with van der Waals surface area (Å²) in [5.41, 5.74) is 2.09. The SMILES string of the molecule is CC(C)C(NC(=O)COc1ccccc1)C(=O)Nc1ccc(C2CCCC2)cc1. The fourth-order valence-electron chi connectivity index (χ4n) is 3.73. The van der Waals surface area contributed by atoms with E-state index in [0.717, 1.165) is 5.69 Å². The van der Waals surface area contributed by atoms with Crippen LogP contribution in [0.3, 0.4) is 0 Å². The van der Waals surface area contributed by atoms with Crippen LogP contribution in [0.4, 0.5) is 5.69 Å². The van der Waals surface area contributed by atoms with E-state index in [-0.39, 0.29) is 24.3 Å². The molecule has 3 rings (SSSR count). The molecule has 1 saturated carbocycles. The van der Waals surface area contributed by atoms with Crippen LogP contribution >= 0.6 is 0 Å². The van der Waals surface area contributed by atoms with Crippen LogP contribution in [0, 0.1) is 5.92 Å². The van der Waals surface area contributed by atoms with Crippen LogP contribution in [-0.4, -0.2) is 24.5 Å². The third-order valence-corrected chi connectivity index (χ3v) is 5.38. The van der Waals surface area contributed by atoms with E-state index in [1.165, 1.54) is 31.2 Å². The quantitative estimate of drug-likeness (QED) is 0.693. The first-order chi connectivity index (χ1) is 14.0. The first-order valence-corrected chi connectivity index (χ1v) is 10.4. The van der Waals surface area contributed by atoms with Crippen LogP contribution in [0.15, 0.2) is 54.6 Å². The molecule has 0 aromatic heterocycles. The van der Waals surface area contributed by atoms with Crippen molar-refractivity contribution in [3.63, 3.8) is 0 Å². The van der Waals surface area contributed by atoms with E-state index in [1.54, 1.807) is 12.1 Å². The number of ether oxygens (including phenoxy) is 1. The van der Waals surface area contributed by atoms with E-state index < -0.39 is 6.04 Å². The van der Waals surface area contributed by atoms with Gasteiger partial charge in [0.1, 0.15) is 11.8 Å². The molecule has 1 atom stereocenters. The zero-order valence-electron chi connectivity index (χ0n) is 17.2. The Hall–Kier alpha value is -2.82. The number of carbonyl (C=O) groups is 2. The van der Waals surface area contributed by atoms with Crippen molar-refractivity contribution in [2.24, 2.45) is 5.92 Å². The molecule has 1 unspecified atom stereocenters. The first kappa shape index (κ1) is 20.9. The maximum absolute atomic E-state index is 12.7. The molecule has 2 aromatic rings. The molecular formula is C24H30N2O3. The second-order valence-electron chi connectivity index (χ2n) is 7.98. The van der Waals surface area contributed by atoms with Gasteiger partial charge in [-0.1, -0.05) is 57.0 Å². The molecule has 0 bridgehead atoms. The van der Waals surface area contributed by atoms with Gasteiger partial charge in [-0.3, -0.25) is 9.59 Å². The van der Waals surface area contributed by atoms with Gasteiger partial charge in [-0.15, -0.1) is 0 Å². The molecule has 154 valence electrons. The minimum atomic E-state index is -0.628. The average Bonchev–Trinajstić information content (AvgIpc) is 3.26. The topological polar surface area (TPSA) is 67.4 Å². The van der Waals surface area contributed by atoms with Crippen LogP contribution in [0.25, 0.3) is 0 Å². The highest BCUT2D eigenvalue weighted by Crippen LogP contribution is 2.34. The van der Waals surface area contributed by atoms with Crippen LogP contribution in [-0.2, 0) is 9.59 Å². The molecule has 0 aliphatic heterocycles. The summed E-state index contributed by atoms with van der Waals surface area (Å²) in [5, 5.41) is 5.71. The van der Waals surface area contributed by atoms with Gasteiger partial charge in [-0.05, 0) is 54.5 Å². The predicted octanol–water partition coefficient (Wildman–Crippen LogP) is 4.50. The second-order valence-corrected chi connectivity index (χ2v) is 7.98. The Morgan fingerprint density at radius 1 is 1.00 bits per heavy atom. The molecule has 1 aliphatic rings. The summed E-state index contributed by atoms with van der Waals surface area (Å²) in [4.78, 5) is 25.0. The number of rotatable bonds is 8. The fraction of sp³-hybridized carbons (Fsp3) is 0.417. The molecule has 2 aromatic carbocycles. The van der Waals surface area contributed by atoms with Crippen molar-refractivity contribution in [1.29, 1.82) is 0 Å². The van der Waals surface area contributed by atoms with Crippen molar-refractivity contribution in [3.8, 4) is 5.75 Å². The highest BCUT2D eigenvalue weighted by molar-refractivity contribution is 5.97. The van der Waals surface area contributed by atoms with E-state index in [1.807, 2.05) is 44.2 Å². The molecule has 1 aliphatic carbocycles. The Kier molecular flexibility index (Phi) is 7.28. The van der Waals surface area contributed by atoms with Crippen LogP contribution in [0.5, 0.6) is 5.75 Å². The maximum atomic E-state index is 12.7. The smallest absolute Gasteiger partial charge is 0.258 e. The van der Waals surface area contributed by atoms with Gasteiger partial charge >= 0.3 is 0 Å². The Balaban J connectivity index is 1.53. The summed E-state index contributed by atoms with van der Waals surface area (Å²) in [6.07, 6.45) is 5.09. The lowest BCUT2D eigenvalue weighted by Gasteiger charge is -2.22. The Bertz CT molecular complexity index is 797. The van der Waals surface area contributed by atoms with E-state index >= 15 is 0 Å². The maximum Gasteiger partial charge on any atom is 0.258 e. The summed E-state index contributed by atoms with van der Waals surface area (Å²) in [5.74, 6) is 0.678. The Morgan fingerprint density at radius 2 is 1.66 bits per heavy atom. The van der Waals surface area contributed by atoms with E-state index in [4.69, 9.17) is 4.74 Å². The van der Waals surface area contributed by atoms with Crippen molar-refractivity contribution in [2.75, 3.05) is 11.9 Å². The number of nitrogens with one attached hydrogen (secondary N) is 2. The molecule has 0 saturated heterocycles. The zero-order chi connectivity index (χ0) is 20.6. The highest BCUT2D eigenvalue weighted by atomic mass is 16.5. The van der Waals surface area contributed by atoms with Gasteiger partial charge in [-0.25, -0.2) is 0 Å². The Morgan fingerprint density at radius 3 is 2.28 bits per heavy atom. The summed E-state index contributed by atoms with van der Waals surface area (Å²) in [6, 6.07) is 16.6.